The first-order chi connectivity index (χ1) is 9.86. The molecule has 0 aliphatic heterocycles. The lowest BCUT2D eigenvalue weighted by atomic mass is 10.1. The second-order valence-corrected chi connectivity index (χ2v) is 5.62. The average molecular weight is 350 g/mol. The van der Waals surface area contributed by atoms with Gasteiger partial charge >= 0.3 is 21.8 Å². The van der Waals surface area contributed by atoms with Gasteiger partial charge in [-0.05, 0) is 30.2 Å². The molecular formula is C11H8F6O4S. The Bertz CT molecular complexity index is 648. The minimum absolute atomic E-state index is 0.131. The molecular weight excluding hydrogens is 342 g/mol. The first-order valence-electron chi connectivity index (χ1n) is 5.51. The number of hydrogen-bond acceptors (Lipinski definition) is 4. The second-order valence-electron chi connectivity index (χ2n) is 4.08. The predicted molar refractivity (Wildman–Crippen MR) is 61.8 cm³/mol. The van der Waals surface area contributed by atoms with Crippen LogP contribution in [-0.4, -0.2) is 26.4 Å². The SMILES string of the molecule is O=Cc1ccc(OS(=O)(=O)C(F)(F)F)c(CCC(F)(F)F)c1. The molecule has 0 radical (unpaired) electrons. The lowest BCUT2D eigenvalue weighted by Crippen LogP contribution is -2.28. The number of aldehydes is 1. The second kappa shape index (κ2) is 6.15. The first-order valence-corrected chi connectivity index (χ1v) is 6.92. The van der Waals surface area contributed by atoms with E-state index in [0.717, 1.165) is 12.1 Å². The molecule has 0 saturated carbocycles. The molecule has 1 rings (SSSR count). The van der Waals surface area contributed by atoms with Gasteiger partial charge in [-0.15, -0.1) is 0 Å². The molecule has 0 spiro atoms. The van der Waals surface area contributed by atoms with E-state index in [2.05, 4.69) is 4.18 Å². The van der Waals surface area contributed by atoms with Gasteiger partial charge < -0.3 is 4.18 Å². The van der Waals surface area contributed by atoms with Gasteiger partial charge in [-0.3, -0.25) is 4.79 Å². The van der Waals surface area contributed by atoms with Gasteiger partial charge in [-0.25, -0.2) is 0 Å². The van der Waals surface area contributed by atoms with E-state index in [9.17, 15) is 39.6 Å². The highest BCUT2D eigenvalue weighted by atomic mass is 32.2. The van der Waals surface area contributed by atoms with Crippen molar-refractivity contribution in [2.24, 2.45) is 0 Å². The van der Waals surface area contributed by atoms with Crippen LogP contribution in [0.1, 0.15) is 22.3 Å². The van der Waals surface area contributed by atoms with Crippen molar-refractivity contribution >= 4 is 16.4 Å². The van der Waals surface area contributed by atoms with Crippen molar-refractivity contribution in [1.29, 1.82) is 0 Å². The van der Waals surface area contributed by atoms with E-state index in [1.807, 2.05) is 0 Å². The zero-order chi connectivity index (χ0) is 17.2. The van der Waals surface area contributed by atoms with Crippen molar-refractivity contribution in [1.82, 2.24) is 0 Å². The number of hydrogen-bond donors (Lipinski definition) is 0. The van der Waals surface area contributed by atoms with Gasteiger partial charge in [0.25, 0.3) is 0 Å². The van der Waals surface area contributed by atoms with E-state index >= 15 is 0 Å². The van der Waals surface area contributed by atoms with Crippen LogP contribution in [0.25, 0.3) is 0 Å². The Labute approximate surface area is 120 Å². The molecule has 11 heteroatoms. The molecule has 0 fully saturated rings. The minimum atomic E-state index is -6.02. The first kappa shape index (κ1) is 18.3. The number of benzene rings is 1. The molecule has 0 aliphatic rings. The maximum atomic E-state index is 12.2. The fourth-order valence-electron chi connectivity index (χ4n) is 1.39. The predicted octanol–water partition coefficient (Wildman–Crippen LogP) is 3.22. The molecule has 0 amide bonds. The van der Waals surface area contributed by atoms with Gasteiger partial charge in [-0.1, -0.05) is 0 Å². The minimum Gasteiger partial charge on any atom is -0.376 e. The number of alkyl halides is 6. The summed E-state index contributed by atoms with van der Waals surface area (Å²) in [6.45, 7) is 0. The highest BCUT2D eigenvalue weighted by molar-refractivity contribution is 7.88. The number of carbonyl (C=O) groups excluding carboxylic acids is 1. The lowest BCUT2D eigenvalue weighted by molar-refractivity contribution is -0.134. The molecule has 0 saturated heterocycles. The van der Waals surface area contributed by atoms with Crippen LogP contribution >= 0.6 is 0 Å². The highest BCUT2D eigenvalue weighted by Crippen LogP contribution is 2.31. The van der Waals surface area contributed by atoms with E-state index in [4.69, 9.17) is 0 Å². The summed E-state index contributed by atoms with van der Waals surface area (Å²) in [6, 6.07) is 2.45. The maximum absolute atomic E-state index is 12.2. The Kier molecular flexibility index (Phi) is 5.10. The fourth-order valence-corrected chi connectivity index (χ4v) is 1.88. The lowest BCUT2D eigenvalue weighted by Gasteiger charge is -2.14. The summed E-state index contributed by atoms with van der Waals surface area (Å²) in [4.78, 5) is 10.6. The standard InChI is InChI=1S/C11H8F6O4S/c12-10(13,14)4-3-8-5-7(6-18)1-2-9(8)21-22(19,20)11(15,16)17/h1-2,5-6H,3-4H2. The quantitative estimate of drug-likeness (QED) is 0.354. The van der Waals surface area contributed by atoms with Gasteiger partial charge in [0.05, 0.1) is 0 Å². The summed E-state index contributed by atoms with van der Waals surface area (Å²) in [6.07, 6.45) is -6.62. The van der Waals surface area contributed by atoms with Crippen LogP contribution in [0.4, 0.5) is 26.3 Å². The van der Waals surface area contributed by atoms with E-state index in [-0.39, 0.29) is 11.8 Å². The molecule has 1 aromatic rings. The largest absolute Gasteiger partial charge is 0.534 e. The van der Waals surface area contributed by atoms with Gasteiger partial charge in [-0.2, -0.15) is 34.8 Å². The Balaban J connectivity index is 3.16. The summed E-state index contributed by atoms with van der Waals surface area (Å²) in [7, 11) is -6.02. The van der Waals surface area contributed by atoms with Crippen LogP contribution in [-0.2, 0) is 16.5 Å². The van der Waals surface area contributed by atoms with E-state index < -0.39 is 46.0 Å². The molecule has 0 N–H and O–H groups in total. The Morgan fingerprint density at radius 2 is 1.68 bits per heavy atom. The van der Waals surface area contributed by atoms with E-state index in [1.54, 1.807) is 0 Å². The van der Waals surface area contributed by atoms with Gasteiger partial charge in [0.1, 0.15) is 12.0 Å². The molecule has 0 bridgehead atoms. The van der Waals surface area contributed by atoms with Gasteiger partial charge in [0.15, 0.2) is 0 Å². The zero-order valence-electron chi connectivity index (χ0n) is 10.5. The van der Waals surface area contributed by atoms with E-state index in [1.165, 1.54) is 0 Å². The third-order valence-electron chi connectivity index (χ3n) is 2.38. The van der Waals surface area contributed by atoms with Crippen molar-refractivity contribution in [2.45, 2.75) is 24.5 Å². The third-order valence-corrected chi connectivity index (χ3v) is 3.35. The van der Waals surface area contributed by atoms with E-state index in [0.29, 0.717) is 6.07 Å². The topological polar surface area (TPSA) is 60.4 Å². The van der Waals surface area contributed by atoms with Crippen molar-refractivity contribution in [3.8, 4) is 5.75 Å². The van der Waals surface area contributed by atoms with Gasteiger partial charge in [0.2, 0.25) is 0 Å². The monoisotopic (exact) mass is 350 g/mol. The molecule has 0 unspecified atom stereocenters. The average Bonchev–Trinajstić information content (AvgIpc) is 2.34. The van der Waals surface area contributed by atoms with Crippen LogP contribution in [0.2, 0.25) is 0 Å². The van der Waals surface area contributed by atoms with Crippen molar-refractivity contribution in [2.75, 3.05) is 0 Å². The number of rotatable bonds is 5. The summed E-state index contributed by atoms with van der Waals surface area (Å²) in [5.74, 6) is -0.910. The number of carbonyl (C=O) groups is 1. The Hall–Kier alpha value is -1.78. The van der Waals surface area contributed by atoms with Crippen LogP contribution in [0, 0.1) is 0 Å². The zero-order valence-corrected chi connectivity index (χ0v) is 11.3. The molecule has 0 aromatic heterocycles. The molecule has 0 heterocycles. The third kappa shape index (κ3) is 4.90. The summed E-state index contributed by atoms with van der Waals surface area (Å²) in [5, 5.41) is 0. The van der Waals surface area contributed by atoms with Crippen LogP contribution in [0.15, 0.2) is 18.2 Å². The van der Waals surface area contributed by atoms with Gasteiger partial charge in [0, 0.05) is 12.0 Å². The maximum Gasteiger partial charge on any atom is 0.534 e. The van der Waals surface area contributed by atoms with Crippen molar-refractivity contribution in [3.05, 3.63) is 29.3 Å². The summed E-state index contributed by atoms with van der Waals surface area (Å²) < 4.78 is 98.8. The highest BCUT2D eigenvalue weighted by Gasteiger charge is 2.48. The van der Waals surface area contributed by atoms with Crippen LogP contribution in [0.3, 0.4) is 0 Å². The Morgan fingerprint density at radius 3 is 2.14 bits per heavy atom. The molecule has 4 nitrogen and oxygen atoms in total. The number of halogens is 6. The molecule has 124 valence electrons. The number of aryl methyl sites for hydroxylation is 1. The fraction of sp³-hybridized carbons (Fsp3) is 0.364. The summed E-state index contributed by atoms with van der Waals surface area (Å²) in [5.41, 5.74) is -6.33. The molecule has 0 atom stereocenters. The normalized spacial score (nSPS) is 13.0. The Morgan fingerprint density at radius 1 is 1.09 bits per heavy atom. The smallest absolute Gasteiger partial charge is 0.376 e. The molecule has 0 aliphatic carbocycles. The van der Waals surface area contributed by atoms with Crippen LogP contribution < -0.4 is 4.18 Å². The molecule has 22 heavy (non-hydrogen) atoms. The summed E-state index contributed by atoms with van der Waals surface area (Å²) >= 11 is 0. The van der Waals surface area contributed by atoms with Crippen LogP contribution in [0.5, 0.6) is 5.75 Å². The van der Waals surface area contributed by atoms with Crippen molar-refractivity contribution in [3.63, 3.8) is 0 Å². The van der Waals surface area contributed by atoms with Crippen molar-refractivity contribution < 1.29 is 43.7 Å². The molecule has 1 aromatic carbocycles.